The highest BCUT2D eigenvalue weighted by atomic mass is 16.5. The Morgan fingerprint density at radius 1 is 1.14 bits per heavy atom. The first-order valence-corrected chi connectivity index (χ1v) is 8.62. The summed E-state index contributed by atoms with van der Waals surface area (Å²) in [5.74, 6) is 6.27. The largest absolute Gasteiger partial charge is 0.497 e. The SMILES string of the molecule is CNC(CCc1ccc(OC)cc1)C1C2C3CCC(C3)C21. The monoisotopic (exact) mass is 285 g/mol. The van der Waals surface area contributed by atoms with Crippen LogP contribution in [0.2, 0.25) is 0 Å². The second-order valence-corrected chi connectivity index (χ2v) is 7.35. The standard InChI is InChI=1S/C19H27NO/c1-20-16(10-5-12-3-8-15(21-2)9-4-12)19-17-13-6-7-14(11-13)18(17)19/h3-4,8-9,13-14,16-20H,5-7,10-11H2,1-2H3. The van der Waals surface area contributed by atoms with Crippen molar-refractivity contribution in [3.63, 3.8) is 0 Å². The highest BCUT2D eigenvalue weighted by Crippen LogP contribution is 2.70. The van der Waals surface area contributed by atoms with Crippen molar-refractivity contribution >= 4 is 0 Å². The molecule has 1 aromatic rings. The van der Waals surface area contributed by atoms with E-state index in [0.717, 1.165) is 41.4 Å². The first kappa shape index (κ1) is 13.6. The second-order valence-electron chi connectivity index (χ2n) is 7.35. The van der Waals surface area contributed by atoms with Crippen LogP contribution in [-0.2, 0) is 6.42 Å². The van der Waals surface area contributed by atoms with Gasteiger partial charge < -0.3 is 10.1 Å². The predicted octanol–water partition coefficient (Wildman–Crippen LogP) is 3.51. The van der Waals surface area contributed by atoms with Crippen LogP contribution in [0.15, 0.2) is 24.3 Å². The Labute approximate surface area is 128 Å². The lowest BCUT2D eigenvalue weighted by atomic mass is 9.93. The molecule has 2 bridgehead atoms. The molecule has 4 rings (SSSR count). The quantitative estimate of drug-likeness (QED) is 0.863. The zero-order valence-corrected chi connectivity index (χ0v) is 13.2. The lowest BCUT2D eigenvalue weighted by Crippen LogP contribution is -2.30. The highest BCUT2D eigenvalue weighted by Gasteiger charge is 2.66. The molecule has 0 heterocycles. The number of hydrogen-bond acceptors (Lipinski definition) is 2. The minimum Gasteiger partial charge on any atom is -0.497 e. The molecule has 3 saturated carbocycles. The van der Waals surface area contributed by atoms with Gasteiger partial charge in [0, 0.05) is 6.04 Å². The Kier molecular flexibility index (Phi) is 3.45. The highest BCUT2D eigenvalue weighted by molar-refractivity contribution is 5.27. The van der Waals surface area contributed by atoms with Gasteiger partial charge in [-0.25, -0.2) is 0 Å². The van der Waals surface area contributed by atoms with Gasteiger partial charge in [-0.1, -0.05) is 12.1 Å². The molecule has 5 unspecified atom stereocenters. The Balaban J connectivity index is 1.35. The predicted molar refractivity (Wildman–Crippen MR) is 85.5 cm³/mol. The summed E-state index contributed by atoms with van der Waals surface area (Å²) >= 11 is 0. The average molecular weight is 285 g/mol. The van der Waals surface area contributed by atoms with Crippen LogP contribution in [-0.4, -0.2) is 20.2 Å². The van der Waals surface area contributed by atoms with Gasteiger partial charge in [-0.05, 0) is 86.4 Å². The molecule has 0 amide bonds. The molecule has 0 spiro atoms. The molecule has 0 saturated heterocycles. The third-order valence-corrected chi connectivity index (χ3v) is 6.53. The minimum atomic E-state index is 0.727. The molecule has 3 fully saturated rings. The normalized spacial score (nSPS) is 37.3. The summed E-state index contributed by atoms with van der Waals surface area (Å²) in [5.41, 5.74) is 1.44. The van der Waals surface area contributed by atoms with Gasteiger partial charge in [0.25, 0.3) is 0 Å². The molecule has 1 N–H and O–H groups in total. The molecule has 21 heavy (non-hydrogen) atoms. The Morgan fingerprint density at radius 2 is 1.81 bits per heavy atom. The number of ether oxygens (including phenoxy) is 1. The van der Waals surface area contributed by atoms with E-state index in [0.29, 0.717) is 0 Å². The van der Waals surface area contributed by atoms with Crippen LogP contribution in [0.25, 0.3) is 0 Å². The Hall–Kier alpha value is -1.02. The van der Waals surface area contributed by atoms with Crippen molar-refractivity contribution in [2.24, 2.45) is 29.6 Å². The maximum absolute atomic E-state index is 5.23. The first-order valence-electron chi connectivity index (χ1n) is 8.62. The van der Waals surface area contributed by atoms with Crippen molar-refractivity contribution in [1.82, 2.24) is 5.32 Å². The van der Waals surface area contributed by atoms with Crippen molar-refractivity contribution in [3.05, 3.63) is 29.8 Å². The fourth-order valence-electron chi connectivity index (χ4n) is 5.57. The fourth-order valence-corrected chi connectivity index (χ4v) is 5.57. The maximum atomic E-state index is 5.23. The fraction of sp³-hybridized carbons (Fsp3) is 0.684. The number of fused-ring (bicyclic) bond motifs is 5. The smallest absolute Gasteiger partial charge is 0.118 e. The zero-order chi connectivity index (χ0) is 14.4. The number of rotatable bonds is 6. The summed E-state index contributed by atoms with van der Waals surface area (Å²) in [6.07, 6.45) is 7.07. The molecule has 5 atom stereocenters. The Morgan fingerprint density at radius 3 is 2.38 bits per heavy atom. The summed E-state index contributed by atoms with van der Waals surface area (Å²) in [6.45, 7) is 0. The number of nitrogens with one attached hydrogen (secondary N) is 1. The van der Waals surface area contributed by atoms with E-state index in [2.05, 4.69) is 36.6 Å². The number of hydrogen-bond donors (Lipinski definition) is 1. The van der Waals surface area contributed by atoms with E-state index in [-0.39, 0.29) is 0 Å². The molecule has 2 heteroatoms. The van der Waals surface area contributed by atoms with Gasteiger partial charge in [0.2, 0.25) is 0 Å². The van der Waals surface area contributed by atoms with Crippen molar-refractivity contribution in [1.29, 1.82) is 0 Å². The van der Waals surface area contributed by atoms with Crippen LogP contribution in [0.5, 0.6) is 5.75 Å². The summed E-state index contributed by atoms with van der Waals surface area (Å²) in [6, 6.07) is 9.31. The number of methoxy groups -OCH3 is 1. The first-order chi connectivity index (χ1) is 10.3. The lowest BCUT2D eigenvalue weighted by molar-refractivity contribution is 0.364. The minimum absolute atomic E-state index is 0.727. The topological polar surface area (TPSA) is 21.3 Å². The van der Waals surface area contributed by atoms with Gasteiger partial charge in [0.15, 0.2) is 0 Å². The van der Waals surface area contributed by atoms with Crippen molar-refractivity contribution in [3.8, 4) is 5.75 Å². The van der Waals surface area contributed by atoms with Crippen molar-refractivity contribution in [2.45, 2.75) is 38.1 Å². The van der Waals surface area contributed by atoms with E-state index in [1.165, 1.54) is 31.2 Å². The van der Waals surface area contributed by atoms with Crippen LogP contribution in [0, 0.1) is 29.6 Å². The molecule has 3 aliphatic rings. The van der Waals surface area contributed by atoms with E-state index in [1.807, 2.05) is 0 Å². The van der Waals surface area contributed by atoms with Crippen molar-refractivity contribution < 1.29 is 4.74 Å². The van der Waals surface area contributed by atoms with Crippen LogP contribution < -0.4 is 10.1 Å². The number of benzene rings is 1. The van der Waals surface area contributed by atoms with Crippen LogP contribution in [0.3, 0.4) is 0 Å². The molecule has 0 radical (unpaired) electrons. The van der Waals surface area contributed by atoms with Gasteiger partial charge in [0.1, 0.15) is 5.75 Å². The van der Waals surface area contributed by atoms with Crippen LogP contribution in [0.4, 0.5) is 0 Å². The summed E-state index contributed by atoms with van der Waals surface area (Å²) in [7, 11) is 3.89. The molecular formula is C19H27NO. The zero-order valence-electron chi connectivity index (χ0n) is 13.2. The molecule has 114 valence electrons. The number of aryl methyl sites for hydroxylation is 1. The molecule has 3 aliphatic carbocycles. The van der Waals surface area contributed by atoms with E-state index >= 15 is 0 Å². The van der Waals surface area contributed by atoms with Gasteiger partial charge in [-0.15, -0.1) is 0 Å². The molecule has 0 aliphatic heterocycles. The van der Waals surface area contributed by atoms with E-state index < -0.39 is 0 Å². The van der Waals surface area contributed by atoms with E-state index in [9.17, 15) is 0 Å². The Bertz CT molecular complexity index is 481. The van der Waals surface area contributed by atoms with E-state index in [4.69, 9.17) is 4.74 Å². The third-order valence-electron chi connectivity index (χ3n) is 6.53. The van der Waals surface area contributed by atoms with Crippen LogP contribution in [0.1, 0.15) is 31.2 Å². The molecular weight excluding hydrogens is 258 g/mol. The summed E-state index contributed by atoms with van der Waals surface area (Å²) < 4.78 is 5.23. The van der Waals surface area contributed by atoms with E-state index in [1.54, 1.807) is 13.5 Å². The maximum Gasteiger partial charge on any atom is 0.118 e. The van der Waals surface area contributed by atoms with Gasteiger partial charge in [-0.3, -0.25) is 0 Å². The lowest BCUT2D eigenvalue weighted by Gasteiger charge is -2.20. The van der Waals surface area contributed by atoms with Gasteiger partial charge in [-0.2, -0.15) is 0 Å². The average Bonchev–Trinajstić information content (AvgIpc) is 2.95. The van der Waals surface area contributed by atoms with Gasteiger partial charge in [0.05, 0.1) is 7.11 Å². The molecule has 0 aromatic heterocycles. The second kappa shape index (κ2) is 5.31. The third kappa shape index (κ3) is 2.28. The van der Waals surface area contributed by atoms with Crippen molar-refractivity contribution in [2.75, 3.05) is 14.2 Å². The summed E-state index contributed by atoms with van der Waals surface area (Å²) in [5, 5.41) is 3.63. The molecule has 2 nitrogen and oxygen atoms in total. The summed E-state index contributed by atoms with van der Waals surface area (Å²) in [4.78, 5) is 0. The molecule has 1 aromatic carbocycles. The van der Waals surface area contributed by atoms with Gasteiger partial charge >= 0.3 is 0 Å². The van der Waals surface area contributed by atoms with Crippen LogP contribution >= 0.6 is 0 Å².